The predicted octanol–water partition coefficient (Wildman–Crippen LogP) is 2.08. The van der Waals surface area contributed by atoms with Gasteiger partial charge in [-0.3, -0.25) is 4.21 Å². The van der Waals surface area contributed by atoms with Gasteiger partial charge >= 0.3 is 5.97 Å². The largest absolute Gasteiger partial charge is 0.478 e. The average molecular weight is 383 g/mol. The van der Waals surface area contributed by atoms with Crippen LogP contribution in [0.3, 0.4) is 0 Å². The fourth-order valence-electron chi connectivity index (χ4n) is 1.36. The zero-order valence-corrected chi connectivity index (χ0v) is 14.2. The molecule has 0 aliphatic heterocycles. The number of sulfone groups is 1. The van der Waals surface area contributed by atoms with Crippen LogP contribution in [0, 0.1) is 0 Å². The number of hydrogen-bond donors (Lipinski definition) is 1. The van der Waals surface area contributed by atoms with Gasteiger partial charge in [-0.2, -0.15) is 0 Å². The summed E-state index contributed by atoms with van der Waals surface area (Å²) < 4.78 is 35.7. The molecule has 5 nitrogen and oxygen atoms in total. The van der Waals surface area contributed by atoms with E-state index in [4.69, 9.17) is 5.11 Å². The van der Waals surface area contributed by atoms with Crippen molar-refractivity contribution in [1.29, 1.82) is 0 Å². The van der Waals surface area contributed by atoms with Gasteiger partial charge in [0.15, 0.2) is 9.84 Å². The Morgan fingerprint density at radius 1 is 1.40 bits per heavy atom. The van der Waals surface area contributed by atoms with Crippen molar-refractivity contribution in [1.82, 2.24) is 0 Å². The molecule has 20 heavy (non-hydrogen) atoms. The summed E-state index contributed by atoms with van der Waals surface area (Å²) >= 11 is 3.09. The Kier molecular flexibility index (Phi) is 5.91. The molecule has 0 fully saturated rings. The van der Waals surface area contributed by atoms with E-state index in [1.807, 2.05) is 0 Å². The van der Waals surface area contributed by atoms with Gasteiger partial charge in [0.05, 0.1) is 27.4 Å². The van der Waals surface area contributed by atoms with Gasteiger partial charge in [0, 0.05) is 15.1 Å². The minimum Gasteiger partial charge on any atom is -0.478 e. The monoisotopic (exact) mass is 382 g/mol. The van der Waals surface area contributed by atoms with Crippen molar-refractivity contribution in [3.05, 3.63) is 28.2 Å². The smallest absolute Gasteiger partial charge is 0.336 e. The maximum absolute atomic E-state index is 12.0. The Morgan fingerprint density at radius 3 is 2.50 bits per heavy atom. The highest BCUT2D eigenvalue weighted by Crippen LogP contribution is 2.20. The molecule has 0 radical (unpaired) electrons. The molecule has 0 aliphatic rings. The molecule has 1 atom stereocenters. The Labute approximate surface area is 128 Å². The van der Waals surface area contributed by atoms with Gasteiger partial charge in [0.1, 0.15) is 0 Å². The molecule has 0 bridgehead atoms. The maximum Gasteiger partial charge on any atom is 0.336 e. The van der Waals surface area contributed by atoms with E-state index in [1.54, 1.807) is 13.8 Å². The van der Waals surface area contributed by atoms with Gasteiger partial charge in [-0.15, -0.1) is 0 Å². The quantitative estimate of drug-likeness (QED) is 0.813. The number of carboxylic acid groups (broad SMARTS) is 1. The highest BCUT2D eigenvalue weighted by atomic mass is 79.9. The molecule has 0 saturated heterocycles. The lowest BCUT2D eigenvalue weighted by atomic mass is 10.2. The number of aromatic carboxylic acids is 1. The lowest BCUT2D eigenvalue weighted by Crippen LogP contribution is -2.21. The topological polar surface area (TPSA) is 88.5 Å². The first-order chi connectivity index (χ1) is 9.15. The van der Waals surface area contributed by atoms with Gasteiger partial charge in [0.2, 0.25) is 0 Å². The number of hydrogen-bond acceptors (Lipinski definition) is 4. The molecular formula is C12H15BrO5S2. The van der Waals surface area contributed by atoms with E-state index in [0.717, 1.165) is 0 Å². The summed E-state index contributed by atoms with van der Waals surface area (Å²) in [6.07, 6.45) is 0. The summed E-state index contributed by atoms with van der Waals surface area (Å²) in [5.41, 5.74) is 0.00238. The van der Waals surface area contributed by atoms with Crippen molar-refractivity contribution >= 4 is 42.5 Å². The van der Waals surface area contributed by atoms with Crippen LogP contribution in [-0.2, 0) is 20.6 Å². The molecule has 1 N–H and O–H groups in total. The highest BCUT2D eigenvalue weighted by molar-refractivity contribution is 9.10. The summed E-state index contributed by atoms with van der Waals surface area (Å²) in [5.74, 6) is -1.36. The predicted molar refractivity (Wildman–Crippen MR) is 81.3 cm³/mol. The van der Waals surface area contributed by atoms with Gasteiger partial charge < -0.3 is 5.11 Å². The number of carbonyl (C=O) groups is 1. The van der Waals surface area contributed by atoms with Crippen LogP contribution in [0.15, 0.2) is 27.6 Å². The second-order valence-corrected chi connectivity index (χ2v) is 9.51. The molecule has 0 heterocycles. The summed E-state index contributed by atoms with van der Waals surface area (Å²) in [4.78, 5) is 11.3. The standard InChI is InChI=1S/C12H15BrO5S2/c1-8(2)20(17,18)6-5-19(16)9-3-4-11(13)10(7-9)12(14)15/h3-4,7-8H,5-6H2,1-2H3,(H,14,15). The zero-order valence-electron chi connectivity index (χ0n) is 11.0. The summed E-state index contributed by atoms with van der Waals surface area (Å²) in [6.45, 7) is 3.14. The number of benzene rings is 1. The van der Waals surface area contributed by atoms with E-state index in [2.05, 4.69) is 15.9 Å². The molecule has 1 unspecified atom stereocenters. The minimum atomic E-state index is -3.25. The minimum absolute atomic E-state index is 0.00238. The van der Waals surface area contributed by atoms with Crippen LogP contribution < -0.4 is 0 Å². The Hall–Kier alpha value is -0.730. The Bertz CT molecular complexity index is 637. The average Bonchev–Trinajstić information content (AvgIpc) is 2.36. The summed E-state index contributed by atoms with van der Waals surface area (Å²) in [5, 5.41) is 8.46. The number of carboxylic acids is 1. The molecule has 0 saturated carbocycles. The molecule has 8 heteroatoms. The van der Waals surface area contributed by atoms with Gasteiger partial charge in [-0.1, -0.05) is 0 Å². The molecule has 1 aromatic rings. The molecule has 0 spiro atoms. The lowest BCUT2D eigenvalue weighted by Gasteiger charge is -2.08. The van der Waals surface area contributed by atoms with Crippen LogP contribution in [0.2, 0.25) is 0 Å². The lowest BCUT2D eigenvalue weighted by molar-refractivity contribution is 0.0695. The molecule has 0 amide bonds. The highest BCUT2D eigenvalue weighted by Gasteiger charge is 2.19. The zero-order chi connectivity index (χ0) is 15.5. The maximum atomic E-state index is 12.0. The van der Waals surface area contributed by atoms with Crippen LogP contribution in [0.4, 0.5) is 0 Å². The van der Waals surface area contributed by atoms with Crippen molar-refractivity contribution in [2.24, 2.45) is 0 Å². The van der Waals surface area contributed by atoms with E-state index in [1.165, 1.54) is 18.2 Å². The third kappa shape index (κ3) is 4.39. The molecule has 0 aromatic heterocycles. The summed E-state index contributed by atoms with van der Waals surface area (Å²) in [7, 11) is -4.80. The van der Waals surface area contributed by atoms with Gasteiger partial charge in [0.25, 0.3) is 0 Å². The Morgan fingerprint density at radius 2 is 2.00 bits per heavy atom. The normalized spacial score (nSPS) is 13.4. The van der Waals surface area contributed by atoms with E-state index in [9.17, 15) is 17.4 Å². The van der Waals surface area contributed by atoms with Crippen molar-refractivity contribution in [2.45, 2.75) is 24.0 Å². The second kappa shape index (κ2) is 6.82. The van der Waals surface area contributed by atoms with Crippen LogP contribution in [0.25, 0.3) is 0 Å². The first-order valence-corrected chi connectivity index (χ1v) is 9.60. The first kappa shape index (κ1) is 17.3. The molecule has 112 valence electrons. The fraction of sp³-hybridized carbons (Fsp3) is 0.417. The van der Waals surface area contributed by atoms with Crippen molar-refractivity contribution in [3.8, 4) is 0 Å². The molecule has 1 aromatic carbocycles. The van der Waals surface area contributed by atoms with Gasteiger partial charge in [-0.05, 0) is 48.0 Å². The molecule has 1 rings (SSSR count). The van der Waals surface area contributed by atoms with E-state index >= 15 is 0 Å². The molecular weight excluding hydrogens is 368 g/mol. The van der Waals surface area contributed by atoms with Crippen LogP contribution >= 0.6 is 15.9 Å². The van der Waals surface area contributed by atoms with E-state index < -0.39 is 31.9 Å². The third-order valence-electron chi connectivity index (χ3n) is 2.70. The van der Waals surface area contributed by atoms with Crippen molar-refractivity contribution in [3.63, 3.8) is 0 Å². The summed E-state index contributed by atoms with van der Waals surface area (Å²) in [6, 6.07) is 4.31. The SMILES string of the molecule is CC(C)S(=O)(=O)CCS(=O)c1ccc(Br)c(C(=O)O)c1. The number of halogens is 1. The van der Waals surface area contributed by atoms with Crippen molar-refractivity contribution in [2.75, 3.05) is 11.5 Å². The van der Waals surface area contributed by atoms with E-state index in [0.29, 0.717) is 9.37 Å². The van der Waals surface area contributed by atoms with Crippen molar-refractivity contribution < 1.29 is 22.5 Å². The fourth-order valence-corrected chi connectivity index (χ4v) is 4.48. The van der Waals surface area contributed by atoms with Crippen LogP contribution in [-0.4, -0.2) is 40.5 Å². The molecule has 0 aliphatic carbocycles. The van der Waals surface area contributed by atoms with Crippen LogP contribution in [0.5, 0.6) is 0 Å². The Balaban J connectivity index is 2.89. The first-order valence-electron chi connectivity index (χ1n) is 5.78. The second-order valence-electron chi connectivity index (χ2n) is 4.41. The van der Waals surface area contributed by atoms with Crippen LogP contribution in [0.1, 0.15) is 24.2 Å². The van der Waals surface area contributed by atoms with Gasteiger partial charge in [-0.25, -0.2) is 13.2 Å². The van der Waals surface area contributed by atoms with E-state index in [-0.39, 0.29) is 17.1 Å². The number of rotatable bonds is 6. The third-order valence-corrected chi connectivity index (χ3v) is 7.22.